The molecule has 0 amide bonds. The number of Topliss-reactive ketones (excluding diaryl/α,β-unsaturated/α-hetero) is 1. The number of carbonyl (C=O) groups excluding carboxylic acids is 1. The van der Waals surface area contributed by atoms with E-state index in [2.05, 4.69) is 4.90 Å². The Kier molecular flexibility index (Phi) is 5.18. The maximum Gasteiger partial charge on any atom is 0.131 e. The quantitative estimate of drug-likeness (QED) is 0.676. The van der Waals surface area contributed by atoms with E-state index in [4.69, 9.17) is 0 Å². The maximum absolute atomic E-state index is 10.7. The lowest BCUT2D eigenvalue weighted by atomic mass is 10.1. The van der Waals surface area contributed by atoms with Gasteiger partial charge in [-0.15, -0.1) is 0 Å². The normalized spacial score (nSPS) is 12.2. The van der Waals surface area contributed by atoms with Crippen molar-refractivity contribution >= 4 is 5.78 Å². The Balaban J connectivity index is 3.83. The molecule has 0 heterocycles. The highest BCUT2D eigenvalue weighted by atomic mass is 16.3. The molecule has 13 heavy (non-hydrogen) atoms. The minimum atomic E-state index is -0.674. The third-order valence-corrected chi connectivity index (χ3v) is 1.84. The molecule has 78 valence electrons. The molecule has 0 rings (SSSR count). The molecule has 0 aliphatic carbocycles. The van der Waals surface area contributed by atoms with Crippen molar-refractivity contribution < 1.29 is 9.90 Å². The topological polar surface area (TPSA) is 40.5 Å². The average molecular weight is 187 g/mol. The first-order chi connectivity index (χ1) is 5.85. The van der Waals surface area contributed by atoms with E-state index in [1.807, 2.05) is 6.92 Å². The second-order valence-corrected chi connectivity index (χ2v) is 4.13. The van der Waals surface area contributed by atoms with E-state index in [0.717, 1.165) is 13.1 Å². The molecule has 1 N–H and O–H groups in total. The Morgan fingerprint density at radius 2 is 2.00 bits per heavy atom. The van der Waals surface area contributed by atoms with Crippen molar-refractivity contribution in [1.29, 1.82) is 0 Å². The van der Waals surface area contributed by atoms with Gasteiger partial charge in [0, 0.05) is 19.5 Å². The van der Waals surface area contributed by atoms with Gasteiger partial charge >= 0.3 is 0 Å². The van der Waals surface area contributed by atoms with Gasteiger partial charge in [0.25, 0.3) is 0 Å². The fraction of sp³-hybridized carbons (Fsp3) is 0.900. The van der Waals surface area contributed by atoms with Gasteiger partial charge in [0.15, 0.2) is 0 Å². The number of ketones is 1. The van der Waals surface area contributed by atoms with Crippen molar-refractivity contribution in [2.24, 2.45) is 0 Å². The lowest BCUT2D eigenvalue weighted by Gasteiger charge is -2.27. The number of hydrogen-bond acceptors (Lipinski definition) is 3. The average Bonchev–Trinajstić information content (AvgIpc) is 1.95. The molecule has 0 atom stereocenters. The lowest BCUT2D eigenvalue weighted by molar-refractivity contribution is -0.117. The van der Waals surface area contributed by atoms with Crippen LogP contribution in [0, 0.1) is 0 Å². The molecule has 0 unspecified atom stereocenters. The van der Waals surface area contributed by atoms with E-state index in [1.54, 1.807) is 20.8 Å². The zero-order valence-electron chi connectivity index (χ0n) is 9.13. The van der Waals surface area contributed by atoms with E-state index < -0.39 is 5.60 Å². The first-order valence-corrected chi connectivity index (χ1v) is 4.79. The molecule has 3 nitrogen and oxygen atoms in total. The van der Waals surface area contributed by atoms with Crippen LogP contribution in [-0.2, 0) is 4.79 Å². The molecule has 0 aromatic heterocycles. The van der Waals surface area contributed by atoms with E-state index in [-0.39, 0.29) is 5.78 Å². The third-order valence-electron chi connectivity index (χ3n) is 1.84. The van der Waals surface area contributed by atoms with E-state index in [1.165, 1.54) is 0 Å². The molecule has 0 radical (unpaired) electrons. The number of likely N-dealkylation sites (N-methyl/N-ethyl adjacent to an activating group) is 1. The van der Waals surface area contributed by atoms with Gasteiger partial charge in [0.1, 0.15) is 5.78 Å². The predicted octanol–water partition coefficient (Wildman–Crippen LogP) is 1.06. The summed E-state index contributed by atoms with van der Waals surface area (Å²) in [6, 6.07) is 0. The summed E-state index contributed by atoms with van der Waals surface area (Å²) in [5.41, 5.74) is -0.674. The van der Waals surface area contributed by atoms with Crippen LogP contribution in [0.2, 0.25) is 0 Å². The van der Waals surface area contributed by atoms with Crippen LogP contribution in [0.25, 0.3) is 0 Å². The number of carbonyl (C=O) groups is 1. The highest BCUT2D eigenvalue weighted by molar-refractivity contribution is 5.75. The minimum absolute atomic E-state index is 0.203. The standard InChI is InChI=1S/C10H21NO2/c1-5-11(7-6-9(2)12)8-10(3,4)13/h13H,5-8H2,1-4H3. The number of nitrogens with zero attached hydrogens (tertiary/aromatic N) is 1. The van der Waals surface area contributed by atoms with Crippen molar-refractivity contribution in [3.05, 3.63) is 0 Å². The summed E-state index contributed by atoms with van der Waals surface area (Å²) in [5, 5.41) is 9.56. The zero-order chi connectivity index (χ0) is 10.5. The van der Waals surface area contributed by atoms with Crippen LogP contribution in [0.3, 0.4) is 0 Å². The third kappa shape index (κ3) is 7.94. The fourth-order valence-electron chi connectivity index (χ4n) is 1.21. The molecule has 0 saturated heterocycles. The largest absolute Gasteiger partial charge is 0.389 e. The molecular weight excluding hydrogens is 166 g/mol. The summed E-state index contributed by atoms with van der Waals surface area (Å²) in [6.07, 6.45) is 0.573. The molecule has 0 aromatic carbocycles. The Morgan fingerprint density at radius 3 is 2.31 bits per heavy atom. The molecule has 0 bridgehead atoms. The van der Waals surface area contributed by atoms with Crippen LogP contribution in [0.1, 0.15) is 34.1 Å². The van der Waals surface area contributed by atoms with Crippen molar-refractivity contribution in [1.82, 2.24) is 4.90 Å². The van der Waals surface area contributed by atoms with Crippen molar-refractivity contribution in [3.63, 3.8) is 0 Å². The summed E-state index contributed by atoms with van der Waals surface area (Å²) in [6.45, 7) is 9.43. The van der Waals surface area contributed by atoms with E-state index >= 15 is 0 Å². The number of hydrogen-bond donors (Lipinski definition) is 1. The monoisotopic (exact) mass is 187 g/mol. The molecule has 0 aliphatic heterocycles. The molecule has 0 spiro atoms. The van der Waals surface area contributed by atoms with Gasteiger partial charge in [-0.05, 0) is 27.3 Å². The minimum Gasteiger partial charge on any atom is -0.389 e. The fourth-order valence-corrected chi connectivity index (χ4v) is 1.21. The van der Waals surface area contributed by atoms with Gasteiger partial charge < -0.3 is 10.0 Å². The molecule has 0 fully saturated rings. The van der Waals surface area contributed by atoms with Crippen molar-refractivity contribution in [2.45, 2.75) is 39.7 Å². The first kappa shape index (κ1) is 12.6. The Hall–Kier alpha value is -0.410. The second-order valence-electron chi connectivity index (χ2n) is 4.13. The van der Waals surface area contributed by atoms with Gasteiger partial charge in [-0.1, -0.05) is 6.92 Å². The van der Waals surface area contributed by atoms with Gasteiger partial charge in [-0.2, -0.15) is 0 Å². The number of aliphatic hydroxyl groups is 1. The molecule has 0 aliphatic rings. The van der Waals surface area contributed by atoms with Gasteiger partial charge in [-0.25, -0.2) is 0 Å². The Labute approximate surface area is 80.7 Å². The van der Waals surface area contributed by atoms with Gasteiger partial charge in [0.2, 0.25) is 0 Å². The van der Waals surface area contributed by atoms with E-state index in [0.29, 0.717) is 13.0 Å². The van der Waals surface area contributed by atoms with Crippen LogP contribution in [0.5, 0.6) is 0 Å². The SMILES string of the molecule is CCN(CCC(C)=O)CC(C)(C)O. The molecule has 3 heteroatoms. The van der Waals surface area contributed by atoms with Crippen LogP contribution >= 0.6 is 0 Å². The summed E-state index contributed by atoms with van der Waals surface area (Å²) in [7, 11) is 0. The van der Waals surface area contributed by atoms with E-state index in [9.17, 15) is 9.90 Å². The lowest BCUT2D eigenvalue weighted by Crippen LogP contribution is -2.39. The predicted molar refractivity (Wildman–Crippen MR) is 53.7 cm³/mol. The zero-order valence-corrected chi connectivity index (χ0v) is 9.13. The Morgan fingerprint density at radius 1 is 1.46 bits per heavy atom. The molecule has 0 aromatic rings. The maximum atomic E-state index is 10.7. The molecule has 0 saturated carbocycles. The highest BCUT2D eigenvalue weighted by Crippen LogP contribution is 2.05. The van der Waals surface area contributed by atoms with Crippen molar-refractivity contribution in [3.8, 4) is 0 Å². The molecular formula is C10H21NO2. The smallest absolute Gasteiger partial charge is 0.131 e. The van der Waals surface area contributed by atoms with Gasteiger partial charge in [0.05, 0.1) is 5.60 Å². The summed E-state index contributed by atoms with van der Waals surface area (Å²) in [4.78, 5) is 12.8. The number of rotatable bonds is 6. The first-order valence-electron chi connectivity index (χ1n) is 4.79. The van der Waals surface area contributed by atoms with Crippen molar-refractivity contribution in [2.75, 3.05) is 19.6 Å². The van der Waals surface area contributed by atoms with Crippen LogP contribution < -0.4 is 0 Å². The summed E-state index contributed by atoms with van der Waals surface area (Å²) in [5.74, 6) is 0.203. The van der Waals surface area contributed by atoms with Crippen LogP contribution in [0.15, 0.2) is 0 Å². The second kappa shape index (κ2) is 5.35. The summed E-state index contributed by atoms with van der Waals surface area (Å²) < 4.78 is 0. The highest BCUT2D eigenvalue weighted by Gasteiger charge is 2.16. The van der Waals surface area contributed by atoms with Gasteiger partial charge in [-0.3, -0.25) is 4.79 Å². The summed E-state index contributed by atoms with van der Waals surface area (Å²) >= 11 is 0. The Bertz CT molecular complexity index is 161. The van der Waals surface area contributed by atoms with Crippen LogP contribution in [0.4, 0.5) is 0 Å². The van der Waals surface area contributed by atoms with Crippen LogP contribution in [-0.4, -0.2) is 41.0 Å².